The highest BCUT2D eigenvalue weighted by atomic mass is 32.2. The lowest BCUT2D eigenvalue weighted by atomic mass is 10.1. The summed E-state index contributed by atoms with van der Waals surface area (Å²) >= 11 is 1.29. The standard InChI is InChI=1S/C23H21F3N4OS/c24-23(25,26)16-7-4-8-17(13-16)27-21(31)19(14-5-2-1-3-6-14)32-22-29-28-20(15-9-10-15)30(22)18-11-12-18/h1-8,13,15,18-19H,9-12H2,(H,27,31)/t19-/m1/s1. The van der Waals surface area contributed by atoms with E-state index in [2.05, 4.69) is 20.1 Å². The third kappa shape index (κ3) is 4.53. The molecular weight excluding hydrogens is 437 g/mol. The lowest BCUT2D eigenvalue weighted by molar-refractivity contribution is -0.137. The highest BCUT2D eigenvalue weighted by Crippen LogP contribution is 2.47. The number of anilines is 1. The van der Waals surface area contributed by atoms with E-state index in [0.717, 1.165) is 49.2 Å². The molecule has 0 unspecified atom stereocenters. The minimum Gasteiger partial charge on any atom is -0.325 e. The highest BCUT2D eigenvalue weighted by Gasteiger charge is 2.38. The Kier molecular flexibility index (Phi) is 5.44. The van der Waals surface area contributed by atoms with Gasteiger partial charge in [-0.3, -0.25) is 4.79 Å². The van der Waals surface area contributed by atoms with Crippen LogP contribution in [0, 0.1) is 0 Å². The van der Waals surface area contributed by atoms with Gasteiger partial charge in [-0.25, -0.2) is 0 Å². The average Bonchev–Trinajstić information content (AvgIpc) is 3.71. The van der Waals surface area contributed by atoms with Gasteiger partial charge in [0.05, 0.1) is 5.56 Å². The fourth-order valence-corrected chi connectivity index (χ4v) is 4.77. The van der Waals surface area contributed by atoms with E-state index >= 15 is 0 Å². The molecule has 0 bridgehead atoms. The molecule has 166 valence electrons. The predicted molar refractivity (Wildman–Crippen MR) is 115 cm³/mol. The van der Waals surface area contributed by atoms with Crippen molar-refractivity contribution >= 4 is 23.4 Å². The van der Waals surface area contributed by atoms with Gasteiger partial charge in [0.2, 0.25) is 5.91 Å². The zero-order valence-corrected chi connectivity index (χ0v) is 17.9. The second-order valence-corrected chi connectivity index (χ2v) is 9.26. The van der Waals surface area contributed by atoms with E-state index in [-0.39, 0.29) is 5.69 Å². The molecule has 2 saturated carbocycles. The molecule has 1 amide bonds. The van der Waals surface area contributed by atoms with Crippen LogP contribution in [0.1, 0.15) is 59.8 Å². The summed E-state index contributed by atoms with van der Waals surface area (Å²) in [7, 11) is 0. The summed E-state index contributed by atoms with van der Waals surface area (Å²) in [5.41, 5.74) is 0.0516. The number of benzene rings is 2. The van der Waals surface area contributed by atoms with Crippen molar-refractivity contribution in [3.8, 4) is 0 Å². The Hall–Kier alpha value is -2.81. The van der Waals surface area contributed by atoms with Crippen LogP contribution in [0.2, 0.25) is 0 Å². The minimum absolute atomic E-state index is 0.105. The molecule has 0 spiro atoms. The smallest absolute Gasteiger partial charge is 0.325 e. The highest BCUT2D eigenvalue weighted by molar-refractivity contribution is 8.00. The van der Waals surface area contributed by atoms with Crippen LogP contribution in [0.3, 0.4) is 0 Å². The number of nitrogens with zero attached hydrogens (tertiary/aromatic N) is 3. The molecule has 5 rings (SSSR count). The van der Waals surface area contributed by atoms with Gasteiger partial charge in [-0.2, -0.15) is 13.2 Å². The van der Waals surface area contributed by atoms with Crippen molar-refractivity contribution in [2.24, 2.45) is 0 Å². The van der Waals surface area contributed by atoms with Crippen molar-refractivity contribution in [3.63, 3.8) is 0 Å². The van der Waals surface area contributed by atoms with E-state index < -0.39 is 22.9 Å². The molecule has 9 heteroatoms. The zero-order chi connectivity index (χ0) is 22.3. The van der Waals surface area contributed by atoms with Gasteiger partial charge in [0.25, 0.3) is 0 Å². The molecule has 1 atom stereocenters. The maximum Gasteiger partial charge on any atom is 0.416 e. The van der Waals surface area contributed by atoms with E-state index in [1.165, 1.54) is 23.9 Å². The number of thioether (sulfide) groups is 1. The number of aromatic nitrogens is 3. The summed E-state index contributed by atoms with van der Waals surface area (Å²) in [5.74, 6) is 1.02. The summed E-state index contributed by atoms with van der Waals surface area (Å²) in [6, 6.07) is 14.2. The second-order valence-electron chi connectivity index (χ2n) is 8.19. The first kappa shape index (κ1) is 21.1. The molecule has 32 heavy (non-hydrogen) atoms. The lowest BCUT2D eigenvalue weighted by Crippen LogP contribution is -2.20. The summed E-state index contributed by atoms with van der Waals surface area (Å²) in [5, 5.41) is 11.5. The number of alkyl halides is 3. The number of nitrogens with one attached hydrogen (secondary N) is 1. The number of carbonyl (C=O) groups is 1. The molecule has 2 aromatic carbocycles. The first-order valence-corrected chi connectivity index (χ1v) is 11.4. The van der Waals surface area contributed by atoms with Gasteiger partial charge in [-0.05, 0) is 49.4 Å². The van der Waals surface area contributed by atoms with Crippen LogP contribution >= 0.6 is 11.8 Å². The SMILES string of the molecule is O=C(Nc1cccc(C(F)(F)F)c1)[C@H](Sc1nnc(C2CC2)n1C1CC1)c1ccccc1. The van der Waals surface area contributed by atoms with Gasteiger partial charge >= 0.3 is 6.18 Å². The Morgan fingerprint density at radius 2 is 1.78 bits per heavy atom. The number of hydrogen-bond acceptors (Lipinski definition) is 4. The van der Waals surface area contributed by atoms with Crippen LogP contribution in [0.15, 0.2) is 59.8 Å². The molecule has 0 aliphatic heterocycles. The molecule has 1 aromatic heterocycles. The monoisotopic (exact) mass is 458 g/mol. The van der Waals surface area contributed by atoms with E-state index in [4.69, 9.17) is 0 Å². The van der Waals surface area contributed by atoms with Crippen molar-refractivity contribution < 1.29 is 18.0 Å². The molecule has 0 saturated heterocycles. The van der Waals surface area contributed by atoms with E-state index in [9.17, 15) is 18.0 Å². The van der Waals surface area contributed by atoms with Gasteiger partial charge in [-0.1, -0.05) is 48.2 Å². The molecule has 2 aliphatic rings. The van der Waals surface area contributed by atoms with Crippen molar-refractivity contribution in [3.05, 3.63) is 71.5 Å². The van der Waals surface area contributed by atoms with Crippen molar-refractivity contribution in [2.75, 3.05) is 5.32 Å². The van der Waals surface area contributed by atoms with Crippen LogP contribution in [0.4, 0.5) is 18.9 Å². The first-order valence-electron chi connectivity index (χ1n) is 10.5. The summed E-state index contributed by atoms with van der Waals surface area (Å²) in [4.78, 5) is 13.3. The number of halogens is 3. The molecule has 3 aromatic rings. The van der Waals surface area contributed by atoms with Gasteiger partial charge in [0, 0.05) is 17.6 Å². The Labute approximate surface area is 187 Å². The number of rotatable bonds is 7. The van der Waals surface area contributed by atoms with Crippen LogP contribution in [-0.2, 0) is 11.0 Å². The molecule has 2 fully saturated rings. The van der Waals surface area contributed by atoms with E-state index in [1.807, 2.05) is 30.3 Å². The van der Waals surface area contributed by atoms with Crippen LogP contribution in [-0.4, -0.2) is 20.7 Å². The average molecular weight is 459 g/mol. The number of amides is 1. The zero-order valence-electron chi connectivity index (χ0n) is 17.0. The molecule has 1 heterocycles. The van der Waals surface area contributed by atoms with Gasteiger partial charge in [0.1, 0.15) is 11.1 Å². The fraction of sp³-hybridized carbons (Fsp3) is 0.348. The molecule has 1 N–H and O–H groups in total. The third-order valence-corrected chi connectivity index (χ3v) is 6.78. The van der Waals surface area contributed by atoms with Gasteiger partial charge in [0.15, 0.2) is 5.16 Å². The van der Waals surface area contributed by atoms with Crippen LogP contribution in [0.25, 0.3) is 0 Å². The van der Waals surface area contributed by atoms with Crippen molar-refractivity contribution in [1.29, 1.82) is 0 Å². The summed E-state index contributed by atoms with van der Waals surface area (Å²) in [6.45, 7) is 0. The predicted octanol–water partition coefficient (Wildman–Crippen LogP) is 5.98. The van der Waals surface area contributed by atoms with Crippen LogP contribution in [0.5, 0.6) is 0 Å². The van der Waals surface area contributed by atoms with Gasteiger partial charge < -0.3 is 9.88 Å². The topological polar surface area (TPSA) is 59.8 Å². The van der Waals surface area contributed by atoms with Crippen molar-refractivity contribution in [2.45, 2.75) is 54.2 Å². The van der Waals surface area contributed by atoms with Crippen LogP contribution < -0.4 is 5.32 Å². The Morgan fingerprint density at radius 3 is 2.44 bits per heavy atom. The maximum atomic E-state index is 13.3. The fourth-order valence-electron chi connectivity index (χ4n) is 3.65. The van der Waals surface area contributed by atoms with E-state index in [0.29, 0.717) is 17.1 Å². The molecular formula is C23H21F3N4OS. The number of carbonyl (C=O) groups excluding carboxylic acids is 1. The quantitative estimate of drug-likeness (QED) is 0.443. The summed E-state index contributed by atoms with van der Waals surface area (Å²) in [6.07, 6.45) is -0.134. The lowest BCUT2D eigenvalue weighted by Gasteiger charge is -2.18. The van der Waals surface area contributed by atoms with E-state index in [1.54, 1.807) is 0 Å². The Balaban J connectivity index is 1.43. The van der Waals surface area contributed by atoms with Gasteiger partial charge in [-0.15, -0.1) is 10.2 Å². The minimum atomic E-state index is -4.48. The number of hydrogen-bond donors (Lipinski definition) is 1. The third-order valence-electron chi connectivity index (χ3n) is 5.57. The van der Waals surface area contributed by atoms with Crippen molar-refractivity contribution in [1.82, 2.24) is 14.8 Å². The maximum absolute atomic E-state index is 13.3. The Bertz CT molecular complexity index is 1120. The first-order chi connectivity index (χ1) is 15.4. The normalized spacial score (nSPS) is 17.2. The Morgan fingerprint density at radius 1 is 1.03 bits per heavy atom. The molecule has 5 nitrogen and oxygen atoms in total. The molecule has 2 aliphatic carbocycles. The largest absolute Gasteiger partial charge is 0.416 e. The summed E-state index contributed by atoms with van der Waals surface area (Å²) < 4.78 is 41.4. The molecule has 0 radical (unpaired) electrons. The second kappa shape index (κ2) is 8.27.